The van der Waals surface area contributed by atoms with Gasteiger partial charge < -0.3 is 4.74 Å². The fraction of sp³-hybridized carbons (Fsp3) is 0.400. The van der Waals surface area contributed by atoms with Crippen molar-refractivity contribution in [3.8, 4) is 0 Å². The van der Waals surface area contributed by atoms with E-state index in [4.69, 9.17) is 0 Å². The number of rotatable bonds is 1. The van der Waals surface area contributed by atoms with Gasteiger partial charge in [-0.1, -0.05) is 6.08 Å². The highest BCUT2D eigenvalue weighted by atomic mass is 16.5. The lowest BCUT2D eigenvalue weighted by Gasteiger charge is -1.84. The summed E-state index contributed by atoms with van der Waals surface area (Å²) in [5, 5.41) is 0. The average Bonchev–Trinajstić information content (AvgIpc) is 1.68. The summed E-state index contributed by atoms with van der Waals surface area (Å²) in [4.78, 5) is 10.1. The van der Waals surface area contributed by atoms with Crippen molar-refractivity contribution in [2.24, 2.45) is 0 Å². The third-order valence-electron chi connectivity index (χ3n) is 0.504. The topological polar surface area (TPSA) is 26.3 Å². The van der Waals surface area contributed by atoms with Crippen LogP contribution in [0, 0.1) is 0 Å². The highest BCUT2D eigenvalue weighted by Crippen LogP contribution is 1.73. The van der Waals surface area contributed by atoms with E-state index in [1.807, 2.05) is 0 Å². The van der Waals surface area contributed by atoms with Crippen molar-refractivity contribution in [3.63, 3.8) is 0 Å². The fourth-order valence-corrected chi connectivity index (χ4v) is 0.204. The van der Waals surface area contributed by atoms with E-state index in [9.17, 15) is 4.79 Å². The number of ether oxygens (including phenoxy) is 1. The number of methoxy groups -OCH3 is 1. The van der Waals surface area contributed by atoms with E-state index in [1.165, 1.54) is 13.2 Å². The van der Waals surface area contributed by atoms with Crippen LogP contribution in [0.2, 0.25) is 0 Å². The number of carbonyl (C=O) groups is 1. The lowest BCUT2D eigenvalue weighted by Crippen LogP contribution is -1.92. The maximum atomic E-state index is 10.1. The van der Waals surface area contributed by atoms with Gasteiger partial charge in [0.25, 0.3) is 0 Å². The molecule has 0 aliphatic heterocycles. The largest absolute Gasteiger partial charge is 0.466 e. The molecular formula is C5H8O2. The van der Waals surface area contributed by atoms with Crippen molar-refractivity contribution in [2.75, 3.05) is 7.11 Å². The molecule has 0 saturated carbocycles. The molecule has 0 radical (unpaired) electrons. The molecular weight excluding hydrogens is 92.1 g/mol. The zero-order chi connectivity index (χ0) is 5.70. The van der Waals surface area contributed by atoms with Crippen molar-refractivity contribution < 1.29 is 9.53 Å². The molecule has 0 aromatic rings. The second-order valence-electron chi connectivity index (χ2n) is 1.02. The van der Waals surface area contributed by atoms with Crippen LogP contribution in [0.15, 0.2) is 12.2 Å². The van der Waals surface area contributed by atoms with Crippen LogP contribution >= 0.6 is 0 Å². The summed E-state index contributed by atoms with van der Waals surface area (Å²) in [6.45, 7) is 1.76. The Kier molecular flexibility index (Phi) is 3.02. The van der Waals surface area contributed by atoms with Crippen molar-refractivity contribution >= 4 is 5.97 Å². The number of esters is 1. The maximum Gasteiger partial charge on any atom is 0.330 e. The Balaban J connectivity index is 3.37. The van der Waals surface area contributed by atoms with Crippen molar-refractivity contribution in [1.82, 2.24) is 0 Å². The molecule has 0 bridgehead atoms. The quantitative estimate of drug-likeness (QED) is 0.359. The molecule has 0 fully saturated rings. The van der Waals surface area contributed by atoms with Crippen LogP contribution in [0.1, 0.15) is 6.92 Å². The van der Waals surface area contributed by atoms with E-state index in [1.54, 1.807) is 13.0 Å². The van der Waals surface area contributed by atoms with E-state index in [0.29, 0.717) is 0 Å². The van der Waals surface area contributed by atoms with Gasteiger partial charge in [0.1, 0.15) is 0 Å². The summed E-state index contributed by atoms with van der Waals surface area (Å²) in [6, 6.07) is 0. The molecule has 0 atom stereocenters. The Bertz CT molecular complexity index is 84.1. The van der Waals surface area contributed by atoms with Crippen molar-refractivity contribution in [2.45, 2.75) is 6.92 Å². The first-order chi connectivity index (χ1) is 3.31. The minimum Gasteiger partial charge on any atom is -0.466 e. The summed E-state index contributed by atoms with van der Waals surface area (Å²) < 4.78 is 4.26. The lowest BCUT2D eigenvalue weighted by atomic mass is 10.5. The molecule has 0 aliphatic rings. The van der Waals surface area contributed by atoms with Gasteiger partial charge in [-0.2, -0.15) is 0 Å². The molecule has 0 amide bonds. The van der Waals surface area contributed by atoms with Crippen LogP contribution in [0.4, 0.5) is 0 Å². The normalized spacial score (nSPS) is 9.43. The van der Waals surface area contributed by atoms with Gasteiger partial charge in [0.2, 0.25) is 0 Å². The summed E-state index contributed by atoms with van der Waals surface area (Å²) in [5.74, 6) is -0.303. The van der Waals surface area contributed by atoms with Gasteiger partial charge in [-0.05, 0) is 6.92 Å². The van der Waals surface area contributed by atoms with Crippen LogP contribution in [-0.4, -0.2) is 13.1 Å². The molecule has 0 heterocycles. The van der Waals surface area contributed by atoms with E-state index < -0.39 is 0 Å². The third kappa shape index (κ3) is 3.03. The van der Waals surface area contributed by atoms with Gasteiger partial charge in [-0.3, -0.25) is 0 Å². The van der Waals surface area contributed by atoms with Gasteiger partial charge in [-0.15, -0.1) is 0 Å². The van der Waals surface area contributed by atoms with E-state index in [-0.39, 0.29) is 5.97 Å². The summed E-state index contributed by atoms with van der Waals surface area (Å²) in [6.07, 6.45) is 2.99. The molecule has 0 aromatic heterocycles. The molecule has 0 rings (SSSR count). The molecule has 0 saturated heterocycles. The number of hydrogen-bond donors (Lipinski definition) is 0. The first-order valence-electron chi connectivity index (χ1n) is 2.02. The smallest absolute Gasteiger partial charge is 0.330 e. The number of hydrogen-bond acceptors (Lipinski definition) is 2. The van der Waals surface area contributed by atoms with E-state index in [2.05, 4.69) is 4.74 Å². The highest BCUT2D eigenvalue weighted by Gasteiger charge is 1.84. The molecule has 40 valence electrons. The van der Waals surface area contributed by atoms with Crippen LogP contribution in [0.3, 0.4) is 0 Å². The third-order valence-corrected chi connectivity index (χ3v) is 0.504. The van der Waals surface area contributed by atoms with Gasteiger partial charge in [0.15, 0.2) is 0 Å². The summed E-state index contributed by atoms with van der Waals surface area (Å²) in [7, 11) is 1.35. The van der Waals surface area contributed by atoms with Crippen LogP contribution < -0.4 is 0 Å². The van der Waals surface area contributed by atoms with Gasteiger partial charge in [0.05, 0.1) is 7.11 Å². The molecule has 0 spiro atoms. The molecule has 0 N–H and O–H groups in total. The van der Waals surface area contributed by atoms with Crippen molar-refractivity contribution in [3.05, 3.63) is 12.2 Å². The Morgan fingerprint density at radius 3 is 2.43 bits per heavy atom. The Hall–Kier alpha value is -0.790. The zero-order valence-electron chi connectivity index (χ0n) is 4.47. The minimum absolute atomic E-state index is 0.303. The molecule has 2 nitrogen and oxygen atoms in total. The second-order valence-corrected chi connectivity index (χ2v) is 1.02. The monoisotopic (exact) mass is 100 g/mol. The Morgan fingerprint density at radius 1 is 1.71 bits per heavy atom. The average molecular weight is 100 g/mol. The predicted molar refractivity (Wildman–Crippen MR) is 26.8 cm³/mol. The van der Waals surface area contributed by atoms with Gasteiger partial charge in [-0.25, -0.2) is 4.79 Å². The number of carbonyl (C=O) groups excluding carboxylic acids is 1. The van der Waals surface area contributed by atoms with Gasteiger partial charge in [0, 0.05) is 6.08 Å². The van der Waals surface area contributed by atoms with Crippen LogP contribution in [-0.2, 0) is 9.53 Å². The van der Waals surface area contributed by atoms with Crippen molar-refractivity contribution in [1.29, 1.82) is 0 Å². The lowest BCUT2D eigenvalue weighted by molar-refractivity contribution is -0.134. The maximum absolute atomic E-state index is 10.1. The first kappa shape index (κ1) is 6.21. The highest BCUT2D eigenvalue weighted by molar-refractivity contribution is 5.81. The SMILES string of the molecule is C/C=C\C(=O)OC. The van der Waals surface area contributed by atoms with E-state index >= 15 is 0 Å². The van der Waals surface area contributed by atoms with E-state index in [0.717, 1.165) is 0 Å². The summed E-state index contributed by atoms with van der Waals surface area (Å²) in [5.41, 5.74) is 0. The Labute approximate surface area is 42.8 Å². The predicted octanol–water partition coefficient (Wildman–Crippen LogP) is 0.736. The summed E-state index contributed by atoms with van der Waals surface area (Å²) >= 11 is 0. The first-order valence-corrected chi connectivity index (χ1v) is 2.02. The van der Waals surface area contributed by atoms with Crippen LogP contribution in [0.25, 0.3) is 0 Å². The number of allylic oxidation sites excluding steroid dienone is 1. The van der Waals surface area contributed by atoms with Gasteiger partial charge >= 0.3 is 5.97 Å². The molecule has 0 aliphatic carbocycles. The Morgan fingerprint density at radius 2 is 2.29 bits per heavy atom. The minimum atomic E-state index is -0.303. The second kappa shape index (κ2) is 3.40. The molecule has 7 heavy (non-hydrogen) atoms. The molecule has 0 aromatic carbocycles. The molecule has 0 unspecified atom stereocenters. The van der Waals surface area contributed by atoms with Crippen LogP contribution in [0.5, 0.6) is 0 Å². The standard InChI is InChI=1S/C5H8O2/c1-3-4-5(6)7-2/h3-4H,1-2H3/b4-3-. The molecule has 2 heteroatoms. The fourth-order valence-electron chi connectivity index (χ4n) is 0.204. The zero-order valence-corrected chi connectivity index (χ0v) is 4.47.